The molecule has 29 heavy (non-hydrogen) atoms. The van der Waals surface area contributed by atoms with Gasteiger partial charge in [-0.15, -0.1) is 0 Å². The zero-order valence-electron chi connectivity index (χ0n) is 16.0. The largest absolute Gasteiger partial charge is 0.356 e. The molecule has 10 heteroatoms. The normalized spacial score (nSPS) is 18.4. The van der Waals surface area contributed by atoms with E-state index in [1.165, 1.54) is 4.31 Å². The Hall–Kier alpha value is -2.33. The molecule has 0 radical (unpaired) electrons. The van der Waals surface area contributed by atoms with Gasteiger partial charge in [0.25, 0.3) is 0 Å². The molecule has 1 aromatic carbocycles. The number of halogens is 2. The summed E-state index contributed by atoms with van der Waals surface area (Å²) in [4.78, 5) is 12.9. The quantitative estimate of drug-likeness (QED) is 0.733. The lowest BCUT2D eigenvalue weighted by Gasteiger charge is -2.35. The lowest BCUT2D eigenvalue weighted by atomic mass is 10.2. The van der Waals surface area contributed by atoms with Crippen molar-refractivity contribution in [1.82, 2.24) is 14.3 Å². The van der Waals surface area contributed by atoms with Crippen molar-refractivity contribution in [2.45, 2.75) is 18.6 Å². The first kappa shape index (κ1) is 20.0. The molecule has 0 amide bonds. The summed E-state index contributed by atoms with van der Waals surface area (Å²) in [7, 11) is -3.74. The number of anilines is 2. The van der Waals surface area contributed by atoms with Crippen molar-refractivity contribution in [3.63, 3.8) is 0 Å². The molecule has 4 rings (SSSR count). The van der Waals surface area contributed by atoms with Crippen molar-refractivity contribution in [2.75, 3.05) is 49.1 Å². The molecule has 0 unspecified atom stereocenters. The highest BCUT2D eigenvalue weighted by Gasteiger charge is 2.29. The van der Waals surface area contributed by atoms with Crippen LogP contribution in [-0.2, 0) is 15.8 Å². The maximum absolute atomic E-state index is 13.8. The minimum atomic E-state index is -3.74. The molecule has 0 N–H and O–H groups in total. The van der Waals surface area contributed by atoms with E-state index in [2.05, 4.69) is 14.9 Å². The summed E-state index contributed by atoms with van der Waals surface area (Å²) in [6.45, 7) is 3.45. The third kappa shape index (κ3) is 4.48. The topological polar surface area (TPSA) is 69.6 Å². The second kappa shape index (κ2) is 8.19. The van der Waals surface area contributed by atoms with Gasteiger partial charge in [-0.05, 0) is 31.0 Å². The Labute approximate surface area is 169 Å². The van der Waals surface area contributed by atoms with E-state index >= 15 is 0 Å². The summed E-state index contributed by atoms with van der Waals surface area (Å²) in [5, 5.41) is 0. The van der Waals surface area contributed by atoms with E-state index in [0.29, 0.717) is 13.1 Å². The standard InChI is InChI=1S/C19H23F2N5O2S/c20-16-3-4-17(21)15(11-16)13-29(27,28)26-9-7-25(8-10-26)19-12-18(22-14-23-19)24-5-1-2-6-24/h3-4,11-12,14H,1-2,5-10,13H2. The lowest BCUT2D eigenvalue weighted by Crippen LogP contribution is -2.49. The Morgan fingerprint density at radius 1 is 0.862 bits per heavy atom. The maximum atomic E-state index is 13.8. The number of benzene rings is 1. The number of sulfonamides is 1. The molecule has 2 saturated heterocycles. The van der Waals surface area contributed by atoms with E-state index in [1.807, 2.05) is 11.0 Å². The average Bonchev–Trinajstić information content (AvgIpc) is 3.26. The average molecular weight is 423 g/mol. The van der Waals surface area contributed by atoms with Crippen LogP contribution in [0.1, 0.15) is 18.4 Å². The third-order valence-corrected chi connectivity index (χ3v) is 7.20. The molecule has 2 aromatic rings. The Morgan fingerprint density at radius 2 is 1.48 bits per heavy atom. The van der Waals surface area contributed by atoms with E-state index in [0.717, 1.165) is 55.8 Å². The zero-order valence-corrected chi connectivity index (χ0v) is 16.8. The van der Waals surface area contributed by atoms with Gasteiger partial charge in [-0.2, -0.15) is 4.31 Å². The second-order valence-electron chi connectivity index (χ2n) is 7.31. The first-order valence-electron chi connectivity index (χ1n) is 9.66. The zero-order chi connectivity index (χ0) is 20.4. The highest BCUT2D eigenvalue weighted by molar-refractivity contribution is 7.88. The number of hydrogen-bond donors (Lipinski definition) is 0. The predicted molar refractivity (Wildman–Crippen MR) is 106 cm³/mol. The lowest BCUT2D eigenvalue weighted by molar-refractivity contribution is 0.383. The first-order valence-corrected chi connectivity index (χ1v) is 11.3. The summed E-state index contributed by atoms with van der Waals surface area (Å²) < 4.78 is 53.9. The van der Waals surface area contributed by atoms with Crippen LogP contribution in [0, 0.1) is 11.6 Å². The van der Waals surface area contributed by atoms with Crippen LogP contribution in [0.15, 0.2) is 30.6 Å². The van der Waals surface area contributed by atoms with Gasteiger partial charge < -0.3 is 9.80 Å². The van der Waals surface area contributed by atoms with Crippen LogP contribution in [0.4, 0.5) is 20.4 Å². The summed E-state index contributed by atoms with van der Waals surface area (Å²) >= 11 is 0. The Bertz CT molecular complexity index is 974. The van der Waals surface area contributed by atoms with Gasteiger partial charge in [-0.3, -0.25) is 0 Å². The van der Waals surface area contributed by atoms with E-state index in [1.54, 1.807) is 6.33 Å². The van der Waals surface area contributed by atoms with Crippen LogP contribution >= 0.6 is 0 Å². The molecule has 0 bridgehead atoms. The van der Waals surface area contributed by atoms with Gasteiger partial charge in [0.2, 0.25) is 10.0 Å². The van der Waals surface area contributed by atoms with Gasteiger partial charge in [0.15, 0.2) is 0 Å². The second-order valence-corrected chi connectivity index (χ2v) is 9.28. The molecule has 2 aliphatic heterocycles. The van der Waals surface area contributed by atoms with Gasteiger partial charge in [0.05, 0.1) is 5.75 Å². The van der Waals surface area contributed by atoms with Crippen molar-refractivity contribution >= 4 is 21.7 Å². The number of rotatable bonds is 5. The number of hydrogen-bond acceptors (Lipinski definition) is 6. The molecule has 0 spiro atoms. The fourth-order valence-electron chi connectivity index (χ4n) is 3.77. The fraction of sp³-hybridized carbons (Fsp3) is 0.474. The summed E-state index contributed by atoms with van der Waals surface area (Å²) in [5.74, 6) is -0.259. The Morgan fingerprint density at radius 3 is 2.14 bits per heavy atom. The van der Waals surface area contributed by atoms with Crippen LogP contribution in [0.25, 0.3) is 0 Å². The molecular weight excluding hydrogens is 400 g/mol. The third-order valence-electron chi connectivity index (χ3n) is 5.37. The number of nitrogens with zero attached hydrogens (tertiary/aromatic N) is 5. The summed E-state index contributed by atoms with van der Waals surface area (Å²) in [5.41, 5.74) is -0.154. The van der Waals surface area contributed by atoms with Gasteiger partial charge >= 0.3 is 0 Å². The SMILES string of the molecule is O=S(=O)(Cc1cc(F)ccc1F)N1CCN(c2cc(N3CCCC3)ncn2)CC1. The molecule has 0 atom stereocenters. The highest BCUT2D eigenvalue weighted by atomic mass is 32.2. The molecular formula is C19H23F2N5O2S. The van der Waals surface area contributed by atoms with Gasteiger partial charge in [-0.1, -0.05) is 0 Å². The van der Waals surface area contributed by atoms with Crippen LogP contribution in [0.3, 0.4) is 0 Å². The Balaban J connectivity index is 1.41. The Kier molecular flexibility index (Phi) is 5.64. The smallest absolute Gasteiger partial charge is 0.218 e. The van der Waals surface area contributed by atoms with E-state index in [9.17, 15) is 17.2 Å². The first-order chi connectivity index (χ1) is 13.9. The molecule has 3 heterocycles. The minimum Gasteiger partial charge on any atom is -0.356 e. The van der Waals surface area contributed by atoms with E-state index in [4.69, 9.17) is 0 Å². The molecule has 7 nitrogen and oxygen atoms in total. The van der Waals surface area contributed by atoms with Crippen molar-refractivity contribution < 1.29 is 17.2 Å². The van der Waals surface area contributed by atoms with Gasteiger partial charge in [0.1, 0.15) is 29.6 Å². The van der Waals surface area contributed by atoms with Crippen molar-refractivity contribution in [3.05, 3.63) is 47.8 Å². The summed E-state index contributed by atoms with van der Waals surface area (Å²) in [6, 6.07) is 4.80. The fourth-order valence-corrected chi connectivity index (χ4v) is 5.28. The van der Waals surface area contributed by atoms with Crippen molar-refractivity contribution in [2.24, 2.45) is 0 Å². The monoisotopic (exact) mass is 423 g/mol. The van der Waals surface area contributed by atoms with Crippen LogP contribution < -0.4 is 9.80 Å². The summed E-state index contributed by atoms with van der Waals surface area (Å²) in [6.07, 6.45) is 3.85. The predicted octanol–water partition coefficient (Wildman–Crippen LogP) is 2.01. The molecule has 2 aliphatic rings. The molecule has 2 fully saturated rings. The molecule has 156 valence electrons. The number of aromatic nitrogens is 2. The van der Waals surface area contributed by atoms with Gasteiger partial charge in [0, 0.05) is 50.9 Å². The maximum Gasteiger partial charge on any atom is 0.218 e. The van der Waals surface area contributed by atoms with Crippen molar-refractivity contribution in [1.29, 1.82) is 0 Å². The molecule has 1 aromatic heterocycles. The molecule has 0 saturated carbocycles. The van der Waals surface area contributed by atoms with Crippen LogP contribution in [0.5, 0.6) is 0 Å². The number of piperazine rings is 1. The molecule has 0 aliphatic carbocycles. The van der Waals surface area contributed by atoms with Gasteiger partial charge in [-0.25, -0.2) is 27.2 Å². The van der Waals surface area contributed by atoms with Crippen LogP contribution in [0.2, 0.25) is 0 Å². The highest BCUT2D eigenvalue weighted by Crippen LogP contribution is 2.23. The minimum absolute atomic E-state index is 0.154. The van der Waals surface area contributed by atoms with Crippen LogP contribution in [-0.4, -0.2) is 62.0 Å². The van der Waals surface area contributed by atoms with Crippen molar-refractivity contribution in [3.8, 4) is 0 Å². The van der Waals surface area contributed by atoms with E-state index < -0.39 is 27.4 Å². The van der Waals surface area contributed by atoms with E-state index in [-0.39, 0.29) is 18.7 Å².